The maximum atomic E-state index is 13.1. The number of aliphatic hydroxyl groups excluding tert-OH is 2. The molecule has 0 aliphatic carbocycles. The minimum absolute atomic E-state index is 0.0458. The van der Waals surface area contributed by atoms with E-state index >= 15 is 0 Å². The summed E-state index contributed by atoms with van der Waals surface area (Å²) in [6.45, 7) is 6.18. The van der Waals surface area contributed by atoms with E-state index < -0.39 is 18.2 Å². The molecule has 56 heavy (non-hydrogen) atoms. The summed E-state index contributed by atoms with van der Waals surface area (Å²) in [4.78, 5) is 26.0. The number of aliphatic hydroxyl groups is 2. The second-order valence-electron chi connectivity index (χ2n) is 15.2. The Hall–Kier alpha value is -2.96. The predicted octanol–water partition coefficient (Wildman–Crippen LogP) is 13.2. The Morgan fingerprint density at radius 1 is 0.554 bits per heavy atom. The smallest absolute Gasteiger partial charge is 0.306 e. The van der Waals surface area contributed by atoms with Crippen LogP contribution in [0, 0.1) is 0 Å². The lowest BCUT2D eigenvalue weighted by atomic mass is 10.0. The van der Waals surface area contributed by atoms with Crippen LogP contribution in [0.15, 0.2) is 85.1 Å². The molecule has 0 fully saturated rings. The molecule has 0 aromatic rings. The number of hydrogen-bond acceptors (Lipinski definition) is 5. The van der Waals surface area contributed by atoms with E-state index in [4.69, 9.17) is 4.74 Å². The number of allylic oxidation sites excluding steroid dienone is 14. The van der Waals surface area contributed by atoms with E-state index in [1.165, 1.54) is 44.9 Å². The Morgan fingerprint density at radius 2 is 1.05 bits per heavy atom. The maximum absolute atomic E-state index is 13.1. The Morgan fingerprint density at radius 3 is 1.66 bits per heavy atom. The fourth-order valence-electron chi connectivity index (χ4n) is 6.43. The highest BCUT2D eigenvalue weighted by Crippen LogP contribution is 2.17. The molecule has 0 saturated heterocycles. The number of rotatable bonds is 39. The average Bonchev–Trinajstić information content (AvgIpc) is 3.19. The fourth-order valence-corrected chi connectivity index (χ4v) is 6.43. The Bertz CT molecular complexity index is 1100. The number of hydrogen-bond donors (Lipinski definition) is 3. The molecule has 3 unspecified atom stereocenters. The molecule has 1 amide bonds. The van der Waals surface area contributed by atoms with E-state index in [-0.39, 0.29) is 24.9 Å². The lowest BCUT2D eigenvalue weighted by Crippen LogP contribution is -2.46. The van der Waals surface area contributed by atoms with Crippen molar-refractivity contribution in [1.82, 2.24) is 5.32 Å². The zero-order chi connectivity index (χ0) is 41.0. The summed E-state index contributed by atoms with van der Waals surface area (Å²) in [5, 5.41) is 23.6. The second kappa shape index (κ2) is 43.2. The molecule has 0 saturated carbocycles. The summed E-state index contributed by atoms with van der Waals surface area (Å²) in [7, 11) is 0. The van der Waals surface area contributed by atoms with Crippen LogP contribution >= 0.6 is 0 Å². The molecule has 0 aromatic carbocycles. The van der Waals surface area contributed by atoms with Crippen molar-refractivity contribution < 1.29 is 24.5 Å². The number of ether oxygens (including phenoxy) is 1. The van der Waals surface area contributed by atoms with Crippen molar-refractivity contribution in [3.63, 3.8) is 0 Å². The first-order chi connectivity index (χ1) is 27.5. The average molecular weight is 780 g/mol. The van der Waals surface area contributed by atoms with Crippen molar-refractivity contribution in [2.75, 3.05) is 6.61 Å². The molecule has 0 bridgehead atoms. The number of carbonyl (C=O) groups excluding carboxylic acids is 2. The molecule has 0 aliphatic rings. The molecule has 0 rings (SSSR count). The van der Waals surface area contributed by atoms with Gasteiger partial charge in [0.2, 0.25) is 5.91 Å². The van der Waals surface area contributed by atoms with Crippen LogP contribution in [0.3, 0.4) is 0 Å². The predicted molar refractivity (Wildman–Crippen MR) is 241 cm³/mol. The Labute approximate surface area is 344 Å². The lowest BCUT2D eigenvalue weighted by Gasteiger charge is -2.24. The molecule has 0 spiro atoms. The molecule has 0 radical (unpaired) electrons. The van der Waals surface area contributed by atoms with Gasteiger partial charge in [-0.25, -0.2) is 0 Å². The first kappa shape index (κ1) is 53.0. The van der Waals surface area contributed by atoms with Gasteiger partial charge in [-0.2, -0.15) is 0 Å². The molecular formula is C50H85NO5. The zero-order valence-corrected chi connectivity index (χ0v) is 36.2. The Kier molecular flexibility index (Phi) is 40.9. The van der Waals surface area contributed by atoms with Gasteiger partial charge in [0.1, 0.15) is 6.10 Å². The highest BCUT2D eigenvalue weighted by atomic mass is 16.5. The van der Waals surface area contributed by atoms with Crippen molar-refractivity contribution in [1.29, 1.82) is 0 Å². The SMILES string of the molecule is CC/C=C/C=C/C=C\C=C/C=C/CCCCCC(=O)OC(CCCCCCC/C=C/C/C=C/CC)CC(=O)NC(CO)C(O)CCCCCCCCCCCC. The molecule has 0 heterocycles. The summed E-state index contributed by atoms with van der Waals surface area (Å²) in [6, 6.07) is -0.717. The van der Waals surface area contributed by atoms with Crippen LogP contribution in [0.25, 0.3) is 0 Å². The van der Waals surface area contributed by atoms with Gasteiger partial charge in [0.15, 0.2) is 0 Å². The van der Waals surface area contributed by atoms with Crippen LogP contribution in [-0.4, -0.2) is 46.9 Å². The van der Waals surface area contributed by atoms with Crippen LogP contribution in [0.1, 0.15) is 194 Å². The monoisotopic (exact) mass is 780 g/mol. The van der Waals surface area contributed by atoms with Gasteiger partial charge in [-0.3, -0.25) is 9.59 Å². The van der Waals surface area contributed by atoms with Gasteiger partial charge in [-0.1, -0.05) is 196 Å². The third-order valence-corrected chi connectivity index (χ3v) is 9.85. The standard InChI is InChI=1S/C50H85NO5/c1-4-7-10-13-16-19-22-24-25-26-28-31-34-37-40-43-50(55)56-46(41-38-35-32-29-27-23-20-17-14-11-8-5-2)44-49(54)51-47(45-52)48(53)42-39-36-33-30-21-18-15-12-9-6-3/h7-8,10-11,13,16-17,19-20,22,24-26,28,46-48,52-53H,4-6,9,12,14-15,18,21,23,27,29-45H2,1-3H3,(H,51,54)/b10-7+,11-8+,16-13+,20-17+,22-19-,25-24-,28-26+. The normalized spacial score (nSPS) is 14.2. The summed E-state index contributed by atoms with van der Waals surface area (Å²) in [5.41, 5.74) is 0. The van der Waals surface area contributed by atoms with E-state index in [2.05, 4.69) is 68.6 Å². The summed E-state index contributed by atoms with van der Waals surface area (Å²) >= 11 is 0. The van der Waals surface area contributed by atoms with Crippen LogP contribution in [0.2, 0.25) is 0 Å². The largest absolute Gasteiger partial charge is 0.462 e. The number of unbranched alkanes of at least 4 members (excludes halogenated alkanes) is 17. The van der Waals surface area contributed by atoms with E-state index in [0.717, 1.165) is 103 Å². The summed E-state index contributed by atoms with van der Waals surface area (Å²) in [6.07, 6.45) is 54.9. The van der Waals surface area contributed by atoms with Gasteiger partial charge >= 0.3 is 5.97 Å². The van der Waals surface area contributed by atoms with E-state index in [0.29, 0.717) is 19.3 Å². The van der Waals surface area contributed by atoms with Crippen molar-refractivity contribution >= 4 is 11.9 Å². The molecule has 3 N–H and O–H groups in total. The van der Waals surface area contributed by atoms with Gasteiger partial charge in [0.05, 0.1) is 25.2 Å². The number of amides is 1. The highest BCUT2D eigenvalue weighted by Gasteiger charge is 2.24. The van der Waals surface area contributed by atoms with Gasteiger partial charge in [-0.05, 0) is 70.6 Å². The van der Waals surface area contributed by atoms with Crippen molar-refractivity contribution in [3.8, 4) is 0 Å². The van der Waals surface area contributed by atoms with Crippen LogP contribution < -0.4 is 5.32 Å². The first-order valence-corrected chi connectivity index (χ1v) is 22.9. The van der Waals surface area contributed by atoms with Crippen LogP contribution in [0.4, 0.5) is 0 Å². The van der Waals surface area contributed by atoms with Crippen molar-refractivity contribution in [2.24, 2.45) is 0 Å². The molecular weight excluding hydrogens is 695 g/mol. The Balaban J connectivity index is 4.72. The number of nitrogens with one attached hydrogen (secondary N) is 1. The van der Waals surface area contributed by atoms with Gasteiger partial charge in [0, 0.05) is 6.42 Å². The first-order valence-electron chi connectivity index (χ1n) is 22.9. The van der Waals surface area contributed by atoms with Crippen LogP contribution in [0.5, 0.6) is 0 Å². The third-order valence-electron chi connectivity index (χ3n) is 9.85. The molecule has 0 aliphatic heterocycles. The molecule has 3 atom stereocenters. The van der Waals surface area contributed by atoms with Crippen LogP contribution in [-0.2, 0) is 14.3 Å². The molecule has 320 valence electrons. The van der Waals surface area contributed by atoms with E-state index in [1.54, 1.807) is 0 Å². The maximum Gasteiger partial charge on any atom is 0.306 e. The lowest BCUT2D eigenvalue weighted by molar-refractivity contribution is -0.151. The molecule has 6 nitrogen and oxygen atoms in total. The fraction of sp³-hybridized carbons (Fsp3) is 0.680. The van der Waals surface area contributed by atoms with E-state index in [1.807, 2.05) is 42.5 Å². The minimum atomic E-state index is -0.801. The summed E-state index contributed by atoms with van der Waals surface area (Å²) < 4.78 is 5.88. The third kappa shape index (κ3) is 37.9. The topological polar surface area (TPSA) is 95.9 Å². The minimum Gasteiger partial charge on any atom is -0.462 e. The highest BCUT2D eigenvalue weighted by molar-refractivity contribution is 5.77. The summed E-state index contributed by atoms with van der Waals surface area (Å²) in [5.74, 6) is -0.547. The number of carbonyl (C=O) groups is 2. The second-order valence-corrected chi connectivity index (χ2v) is 15.2. The van der Waals surface area contributed by atoms with Crippen molar-refractivity contribution in [2.45, 2.75) is 212 Å². The van der Waals surface area contributed by atoms with E-state index in [9.17, 15) is 19.8 Å². The quantitative estimate of drug-likeness (QED) is 0.0250. The van der Waals surface area contributed by atoms with Gasteiger partial charge in [-0.15, -0.1) is 0 Å². The van der Waals surface area contributed by atoms with Gasteiger partial charge < -0.3 is 20.3 Å². The molecule has 0 aromatic heterocycles. The van der Waals surface area contributed by atoms with Crippen molar-refractivity contribution in [3.05, 3.63) is 85.1 Å². The van der Waals surface area contributed by atoms with Gasteiger partial charge in [0.25, 0.3) is 0 Å². The molecule has 6 heteroatoms. The number of esters is 1. The zero-order valence-electron chi connectivity index (χ0n) is 36.2.